The lowest BCUT2D eigenvalue weighted by Crippen LogP contribution is -2.17. The van der Waals surface area contributed by atoms with Crippen molar-refractivity contribution < 1.29 is 14.3 Å². The SMILES string of the molecule is COc1cc(C=NNC(=O)c2cccc(Cl)c2)cc(Br)c1OC. The number of halogens is 2. The maximum atomic E-state index is 11.9. The van der Waals surface area contributed by atoms with Gasteiger partial charge in [0.1, 0.15) is 0 Å². The van der Waals surface area contributed by atoms with Crippen LogP contribution in [-0.4, -0.2) is 26.3 Å². The molecule has 0 atom stereocenters. The minimum absolute atomic E-state index is 0.344. The molecule has 7 heteroatoms. The lowest BCUT2D eigenvalue weighted by atomic mass is 10.2. The fourth-order valence-electron chi connectivity index (χ4n) is 1.87. The maximum Gasteiger partial charge on any atom is 0.271 e. The van der Waals surface area contributed by atoms with E-state index in [2.05, 4.69) is 26.5 Å². The van der Waals surface area contributed by atoms with Gasteiger partial charge in [-0.1, -0.05) is 17.7 Å². The van der Waals surface area contributed by atoms with Crippen molar-refractivity contribution in [2.75, 3.05) is 14.2 Å². The number of amides is 1. The van der Waals surface area contributed by atoms with Crippen molar-refractivity contribution >= 4 is 39.7 Å². The highest BCUT2D eigenvalue weighted by molar-refractivity contribution is 9.10. The van der Waals surface area contributed by atoms with E-state index in [9.17, 15) is 4.79 Å². The van der Waals surface area contributed by atoms with Gasteiger partial charge in [-0.3, -0.25) is 4.79 Å². The number of nitrogens with one attached hydrogen (secondary N) is 1. The molecule has 0 heterocycles. The van der Waals surface area contributed by atoms with Crippen molar-refractivity contribution in [3.8, 4) is 11.5 Å². The Balaban J connectivity index is 2.11. The molecule has 0 aliphatic carbocycles. The van der Waals surface area contributed by atoms with Crippen LogP contribution >= 0.6 is 27.5 Å². The number of hydrogen-bond acceptors (Lipinski definition) is 4. The first-order chi connectivity index (χ1) is 11.0. The number of hydrogen-bond donors (Lipinski definition) is 1. The highest BCUT2D eigenvalue weighted by atomic mass is 79.9. The Morgan fingerprint density at radius 2 is 2.04 bits per heavy atom. The number of carbonyl (C=O) groups excluding carboxylic acids is 1. The Hall–Kier alpha value is -2.05. The van der Waals surface area contributed by atoms with Gasteiger partial charge in [-0.2, -0.15) is 5.10 Å². The number of benzene rings is 2. The normalized spacial score (nSPS) is 10.6. The Morgan fingerprint density at radius 1 is 1.26 bits per heavy atom. The third-order valence-electron chi connectivity index (χ3n) is 2.92. The topological polar surface area (TPSA) is 59.9 Å². The summed E-state index contributed by atoms with van der Waals surface area (Å²) in [5, 5.41) is 4.43. The number of rotatable bonds is 5. The van der Waals surface area contributed by atoms with Gasteiger partial charge in [0, 0.05) is 10.6 Å². The summed E-state index contributed by atoms with van der Waals surface area (Å²) >= 11 is 9.24. The molecule has 0 aromatic heterocycles. The molecule has 5 nitrogen and oxygen atoms in total. The third kappa shape index (κ3) is 4.46. The van der Waals surface area contributed by atoms with E-state index < -0.39 is 0 Å². The van der Waals surface area contributed by atoms with E-state index in [0.29, 0.717) is 22.1 Å². The highest BCUT2D eigenvalue weighted by Crippen LogP contribution is 2.35. The van der Waals surface area contributed by atoms with Gasteiger partial charge in [0.2, 0.25) is 0 Å². The average Bonchev–Trinajstić information content (AvgIpc) is 2.54. The van der Waals surface area contributed by atoms with Crippen molar-refractivity contribution in [2.24, 2.45) is 5.10 Å². The molecule has 0 radical (unpaired) electrons. The van der Waals surface area contributed by atoms with Crippen LogP contribution in [0.2, 0.25) is 5.02 Å². The van der Waals surface area contributed by atoms with Crippen LogP contribution in [0.3, 0.4) is 0 Å². The van der Waals surface area contributed by atoms with Gasteiger partial charge in [0.15, 0.2) is 11.5 Å². The smallest absolute Gasteiger partial charge is 0.271 e. The summed E-state index contributed by atoms with van der Waals surface area (Å²) in [5.41, 5.74) is 3.62. The van der Waals surface area contributed by atoms with Crippen LogP contribution in [0.1, 0.15) is 15.9 Å². The van der Waals surface area contributed by atoms with Crippen molar-refractivity contribution in [2.45, 2.75) is 0 Å². The van der Waals surface area contributed by atoms with E-state index in [0.717, 1.165) is 10.0 Å². The van der Waals surface area contributed by atoms with Crippen LogP contribution in [0.25, 0.3) is 0 Å². The van der Waals surface area contributed by atoms with Crippen LogP contribution in [0.5, 0.6) is 11.5 Å². The van der Waals surface area contributed by atoms with Gasteiger partial charge in [0.25, 0.3) is 5.91 Å². The molecule has 23 heavy (non-hydrogen) atoms. The molecule has 0 aliphatic heterocycles. The first kappa shape index (κ1) is 17.3. The molecule has 0 bridgehead atoms. The first-order valence-corrected chi connectivity index (χ1v) is 7.72. The van der Waals surface area contributed by atoms with Crippen molar-refractivity contribution in [1.29, 1.82) is 0 Å². The van der Waals surface area contributed by atoms with Gasteiger partial charge in [-0.15, -0.1) is 0 Å². The zero-order valence-electron chi connectivity index (χ0n) is 12.5. The molecular formula is C16H14BrClN2O3. The molecule has 0 saturated carbocycles. The molecule has 0 fully saturated rings. The van der Waals surface area contributed by atoms with E-state index in [4.69, 9.17) is 21.1 Å². The Morgan fingerprint density at radius 3 is 2.70 bits per heavy atom. The molecule has 2 aromatic carbocycles. The molecule has 0 aliphatic rings. The van der Waals surface area contributed by atoms with E-state index >= 15 is 0 Å². The lowest BCUT2D eigenvalue weighted by Gasteiger charge is -2.10. The van der Waals surface area contributed by atoms with Crippen LogP contribution in [0.4, 0.5) is 0 Å². The molecule has 120 valence electrons. The second-order valence-corrected chi connectivity index (χ2v) is 5.74. The summed E-state index contributed by atoms with van der Waals surface area (Å²) in [6.45, 7) is 0. The summed E-state index contributed by atoms with van der Waals surface area (Å²) in [6, 6.07) is 10.2. The highest BCUT2D eigenvalue weighted by Gasteiger charge is 2.10. The largest absolute Gasteiger partial charge is 0.493 e. The predicted molar refractivity (Wildman–Crippen MR) is 93.8 cm³/mol. The average molecular weight is 398 g/mol. The quantitative estimate of drug-likeness (QED) is 0.615. The summed E-state index contributed by atoms with van der Waals surface area (Å²) in [7, 11) is 3.10. The summed E-state index contributed by atoms with van der Waals surface area (Å²) in [6.07, 6.45) is 1.51. The van der Waals surface area contributed by atoms with E-state index in [1.807, 2.05) is 0 Å². The first-order valence-electron chi connectivity index (χ1n) is 6.55. The zero-order chi connectivity index (χ0) is 16.8. The van der Waals surface area contributed by atoms with E-state index in [1.54, 1.807) is 50.6 Å². The summed E-state index contributed by atoms with van der Waals surface area (Å²) in [4.78, 5) is 11.9. The third-order valence-corrected chi connectivity index (χ3v) is 3.75. The fraction of sp³-hybridized carbons (Fsp3) is 0.125. The number of carbonyl (C=O) groups is 1. The summed E-state index contributed by atoms with van der Waals surface area (Å²) in [5.74, 6) is 0.806. The number of hydrazone groups is 1. The lowest BCUT2D eigenvalue weighted by molar-refractivity contribution is 0.0955. The van der Waals surface area contributed by atoms with Crippen LogP contribution < -0.4 is 14.9 Å². The Labute approximate surface area is 147 Å². The van der Waals surface area contributed by atoms with Crippen molar-refractivity contribution in [3.05, 3.63) is 57.0 Å². The molecule has 1 N–H and O–H groups in total. The van der Waals surface area contributed by atoms with Crippen molar-refractivity contribution in [3.63, 3.8) is 0 Å². The van der Waals surface area contributed by atoms with E-state index in [-0.39, 0.29) is 5.91 Å². The van der Waals surface area contributed by atoms with Crippen LogP contribution in [0, 0.1) is 0 Å². The standard InChI is InChI=1S/C16H14BrClN2O3/c1-22-14-7-10(6-13(17)15(14)23-2)9-19-20-16(21)11-4-3-5-12(18)8-11/h3-9H,1-2H3,(H,20,21). The molecule has 2 aromatic rings. The molecular weight excluding hydrogens is 384 g/mol. The van der Waals surface area contributed by atoms with Crippen LogP contribution in [0.15, 0.2) is 46.0 Å². The van der Waals surface area contributed by atoms with Gasteiger partial charge in [0.05, 0.1) is 24.9 Å². The Bertz CT molecular complexity index is 750. The molecule has 0 spiro atoms. The molecule has 1 amide bonds. The second kappa shape index (κ2) is 7.99. The van der Waals surface area contributed by atoms with Gasteiger partial charge < -0.3 is 9.47 Å². The maximum absolute atomic E-state index is 11.9. The van der Waals surface area contributed by atoms with E-state index in [1.165, 1.54) is 6.21 Å². The zero-order valence-corrected chi connectivity index (χ0v) is 14.8. The minimum Gasteiger partial charge on any atom is -0.493 e. The fourth-order valence-corrected chi connectivity index (χ4v) is 2.68. The minimum atomic E-state index is -0.344. The van der Waals surface area contributed by atoms with Gasteiger partial charge in [-0.25, -0.2) is 5.43 Å². The predicted octanol–water partition coefficient (Wildman–Crippen LogP) is 3.88. The summed E-state index contributed by atoms with van der Waals surface area (Å²) < 4.78 is 11.2. The number of nitrogens with zero attached hydrogens (tertiary/aromatic N) is 1. The van der Waals surface area contributed by atoms with Crippen LogP contribution in [-0.2, 0) is 0 Å². The van der Waals surface area contributed by atoms with Crippen molar-refractivity contribution in [1.82, 2.24) is 5.43 Å². The molecule has 0 saturated heterocycles. The molecule has 0 unspecified atom stereocenters. The molecule has 2 rings (SSSR count). The number of methoxy groups -OCH3 is 2. The second-order valence-electron chi connectivity index (χ2n) is 4.45. The monoisotopic (exact) mass is 396 g/mol. The van der Waals surface area contributed by atoms with Gasteiger partial charge >= 0.3 is 0 Å². The van der Waals surface area contributed by atoms with Gasteiger partial charge in [-0.05, 0) is 51.8 Å². The Kier molecular flexibility index (Phi) is 6.01. The number of ether oxygens (including phenoxy) is 2.